The van der Waals surface area contributed by atoms with Crippen molar-refractivity contribution >= 4 is 12.8 Å². The molecule has 0 saturated carbocycles. The van der Waals surface area contributed by atoms with Crippen molar-refractivity contribution in [2.45, 2.75) is 32.4 Å². The molecular weight excluding hydrogens is 144 g/mol. The Kier molecular flexibility index (Phi) is 6.37. The van der Waals surface area contributed by atoms with Gasteiger partial charge in [-0.05, 0) is 12.8 Å². The van der Waals surface area contributed by atoms with Crippen LogP contribution in [0.25, 0.3) is 0 Å². The highest BCUT2D eigenvalue weighted by atomic mass is 16.1. The summed E-state index contributed by atoms with van der Waals surface area (Å²) < 4.78 is 0. The van der Waals surface area contributed by atoms with Gasteiger partial charge < -0.3 is 10.6 Å². The summed E-state index contributed by atoms with van der Waals surface area (Å²) >= 11 is 0. The van der Waals surface area contributed by atoms with E-state index in [1.165, 1.54) is 0 Å². The molecule has 2 amide bonds. The van der Waals surface area contributed by atoms with E-state index in [2.05, 4.69) is 17.6 Å². The molecule has 0 aliphatic rings. The number of carbonyl (C=O) groups excluding carboxylic acids is 2. The summed E-state index contributed by atoms with van der Waals surface area (Å²) in [7, 11) is 0. The highest BCUT2D eigenvalue weighted by Gasteiger charge is 2.02. The molecule has 0 saturated heterocycles. The second-order valence-corrected chi connectivity index (χ2v) is 2.26. The molecule has 0 spiro atoms. The zero-order chi connectivity index (χ0) is 8.53. The number of amides is 2. The molecule has 0 atom stereocenters. The van der Waals surface area contributed by atoms with Gasteiger partial charge in [0.05, 0.1) is 0 Å². The SMILES string of the molecule is CCCCC(NC=O)NC=O. The minimum atomic E-state index is -0.204. The molecule has 4 nitrogen and oxygen atoms in total. The topological polar surface area (TPSA) is 58.2 Å². The van der Waals surface area contributed by atoms with Crippen molar-refractivity contribution in [3.8, 4) is 0 Å². The molecule has 0 aromatic rings. The summed E-state index contributed by atoms with van der Waals surface area (Å²) in [6.45, 7) is 2.05. The van der Waals surface area contributed by atoms with E-state index in [0.29, 0.717) is 12.8 Å². The lowest BCUT2D eigenvalue weighted by Crippen LogP contribution is -2.40. The van der Waals surface area contributed by atoms with E-state index in [9.17, 15) is 9.59 Å². The lowest BCUT2D eigenvalue weighted by Gasteiger charge is -2.13. The average molecular weight is 158 g/mol. The Morgan fingerprint density at radius 3 is 2.18 bits per heavy atom. The Bertz CT molecular complexity index is 107. The fraction of sp³-hybridized carbons (Fsp3) is 0.714. The van der Waals surface area contributed by atoms with E-state index in [-0.39, 0.29) is 6.17 Å². The van der Waals surface area contributed by atoms with Crippen molar-refractivity contribution < 1.29 is 9.59 Å². The first kappa shape index (κ1) is 9.94. The number of unbranched alkanes of at least 4 members (excludes halogenated alkanes) is 1. The van der Waals surface area contributed by atoms with Crippen LogP contribution in [0.5, 0.6) is 0 Å². The van der Waals surface area contributed by atoms with E-state index >= 15 is 0 Å². The lowest BCUT2D eigenvalue weighted by molar-refractivity contribution is -0.112. The Morgan fingerprint density at radius 2 is 1.82 bits per heavy atom. The lowest BCUT2D eigenvalue weighted by atomic mass is 10.2. The zero-order valence-corrected chi connectivity index (χ0v) is 6.67. The molecule has 0 fully saturated rings. The number of carbonyl (C=O) groups is 2. The molecule has 0 rings (SSSR count). The maximum absolute atomic E-state index is 9.99. The third-order valence-electron chi connectivity index (χ3n) is 1.38. The molecule has 4 heteroatoms. The largest absolute Gasteiger partial charge is 0.339 e. The third kappa shape index (κ3) is 5.39. The summed E-state index contributed by atoms with van der Waals surface area (Å²) in [5.74, 6) is 0. The Balaban J connectivity index is 3.49. The van der Waals surface area contributed by atoms with Gasteiger partial charge in [-0.15, -0.1) is 0 Å². The minimum Gasteiger partial charge on any atom is -0.339 e. The molecule has 0 aliphatic carbocycles. The Labute approximate surface area is 66.4 Å². The molecule has 0 aromatic carbocycles. The van der Waals surface area contributed by atoms with Gasteiger partial charge >= 0.3 is 0 Å². The van der Waals surface area contributed by atoms with Gasteiger partial charge in [-0.2, -0.15) is 0 Å². The molecule has 0 radical (unpaired) electrons. The van der Waals surface area contributed by atoms with Gasteiger partial charge in [0.1, 0.15) is 6.17 Å². The first-order chi connectivity index (χ1) is 5.35. The van der Waals surface area contributed by atoms with Crippen molar-refractivity contribution in [1.82, 2.24) is 10.6 Å². The van der Waals surface area contributed by atoms with Gasteiger partial charge in [0, 0.05) is 0 Å². The molecule has 2 N–H and O–H groups in total. The van der Waals surface area contributed by atoms with Crippen molar-refractivity contribution in [3.05, 3.63) is 0 Å². The predicted molar refractivity (Wildman–Crippen MR) is 41.7 cm³/mol. The van der Waals surface area contributed by atoms with Crippen molar-refractivity contribution in [2.75, 3.05) is 0 Å². The third-order valence-corrected chi connectivity index (χ3v) is 1.38. The quantitative estimate of drug-likeness (QED) is 0.404. The highest BCUT2D eigenvalue weighted by Crippen LogP contribution is 1.95. The van der Waals surface area contributed by atoms with Crippen LogP contribution < -0.4 is 10.6 Å². The summed E-state index contributed by atoms with van der Waals surface area (Å²) in [6.07, 6.45) is 3.82. The average Bonchev–Trinajstić information content (AvgIpc) is 2.01. The molecule has 0 heterocycles. The van der Waals surface area contributed by atoms with E-state index < -0.39 is 0 Å². The van der Waals surface area contributed by atoms with Crippen LogP contribution in [0, 0.1) is 0 Å². The number of rotatable bonds is 7. The normalized spacial score (nSPS) is 9.27. The van der Waals surface area contributed by atoms with Crippen LogP contribution in [0.2, 0.25) is 0 Å². The fourth-order valence-corrected chi connectivity index (χ4v) is 0.787. The standard InChI is InChI=1S/C7H14N2O2/c1-2-3-4-7(8-5-10)9-6-11/h5-7H,2-4H2,1H3,(H,8,10)(H,9,11). The first-order valence-electron chi connectivity index (χ1n) is 3.74. The minimum absolute atomic E-state index is 0.204. The Morgan fingerprint density at radius 1 is 1.27 bits per heavy atom. The van der Waals surface area contributed by atoms with E-state index in [4.69, 9.17) is 0 Å². The molecule has 0 unspecified atom stereocenters. The summed E-state index contributed by atoms with van der Waals surface area (Å²) in [5, 5.41) is 4.99. The molecule has 11 heavy (non-hydrogen) atoms. The van der Waals surface area contributed by atoms with E-state index in [1.807, 2.05) is 0 Å². The first-order valence-corrected chi connectivity index (χ1v) is 3.74. The molecule has 0 aromatic heterocycles. The van der Waals surface area contributed by atoms with Crippen LogP contribution in [0.4, 0.5) is 0 Å². The number of hydrogen-bond donors (Lipinski definition) is 2. The monoisotopic (exact) mass is 158 g/mol. The van der Waals surface area contributed by atoms with Crippen LogP contribution in [0.3, 0.4) is 0 Å². The van der Waals surface area contributed by atoms with Gasteiger partial charge in [0.2, 0.25) is 12.8 Å². The number of hydrogen-bond acceptors (Lipinski definition) is 2. The van der Waals surface area contributed by atoms with Crippen LogP contribution in [0.15, 0.2) is 0 Å². The van der Waals surface area contributed by atoms with Gasteiger partial charge in [0.15, 0.2) is 0 Å². The summed E-state index contributed by atoms with van der Waals surface area (Å²) in [6, 6.07) is 0. The summed E-state index contributed by atoms with van der Waals surface area (Å²) in [4.78, 5) is 20.0. The van der Waals surface area contributed by atoms with Crippen LogP contribution >= 0.6 is 0 Å². The van der Waals surface area contributed by atoms with E-state index in [1.54, 1.807) is 0 Å². The zero-order valence-electron chi connectivity index (χ0n) is 6.67. The van der Waals surface area contributed by atoms with Crippen LogP contribution in [-0.4, -0.2) is 19.0 Å². The number of nitrogens with one attached hydrogen (secondary N) is 2. The van der Waals surface area contributed by atoms with Gasteiger partial charge in [-0.1, -0.05) is 13.3 Å². The fourth-order valence-electron chi connectivity index (χ4n) is 0.787. The second-order valence-electron chi connectivity index (χ2n) is 2.26. The van der Waals surface area contributed by atoms with Crippen molar-refractivity contribution in [1.29, 1.82) is 0 Å². The molecule has 0 aliphatic heterocycles. The van der Waals surface area contributed by atoms with Crippen LogP contribution in [0.1, 0.15) is 26.2 Å². The summed E-state index contributed by atoms with van der Waals surface area (Å²) in [5.41, 5.74) is 0. The van der Waals surface area contributed by atoms with Gasteiger partial charge in [-0.25, -0.2) is 0 Å². The maximum atomic E-state index is 9.99. The van der Waals surface area contributed by atoms with Gasteiger partial charge in [-0.3, -0.25) is 9.59 Å². The molecule has 0 bridgehead atoms. The van der Waals surface area contributed by atoms with Crippen molar-refractivity contribution in [2.24, 2.45) is 0 Å². The van der Waals surface area contributed by atoms with E-state index in [0.717, 1.165) is 19.3 Å². The molecule has 64 valence electrons. The maximum Gasteiger partial charge on any atom is 0.208 e. The highest BCUT2D eigenvalue weighted by molar-refractivity contribution is 5.50. The van der Waals surface area contributed by atoms with Crippen LogP contribution in [-0.2, 0) is 9.59 Å². The Hall–Kier alpha value is -1.06. The second kappa shape index (κ2) is 7.05. The predicted octanol–water partition coefficient (Wildman–Crippen LogP) is -0.00530. The smallest absolute Gasteiger partial charge is 0.208 e. The molecular formula is C7H14N2O2. The van der Waals surface area contributed by atoms with Gasteiger partial charge in [0.25, 0.3) is 0 Å². The van der Waals surface area contributed by atoms with Crippen molar-refractivity contribution in [3.63, 3.8) is 0 Å².